The Kier molecular flexibility index (Phi) is 7.49. The molecule has 2 unspecified atom stereocenters. The van der Waals surface area contributed by atoms with Gasteiger partial charge in [-0.3, -0.25) is 4.79 Å². The van der Waals surface area contributed by atoms with Crippen molar-refractivity contribution in [3.8, 4) is 5.88 Å². The predicted octanol–water partition coefficient (Wildman–Crippen LogP) is 3.02. The topological polar surface area (TPSA) is 86.5 Å². The Morgan fingerprint density at radius 1 is 1.31 bits per heavy atom. The quantitative estimate of drug-likeness (QED) is 0.797. The van der Waals surface area contributed by atoms with Crippen molar-refractivity contribution in [2.24, 2.45) is 5.73 Å². The molecule has 2 atom stereocenters. The standard InChI is InChI=1S/C17H17Cl2N3O3.ClH/c18-12-4-3-10(8-13(12)19)15-14(9-21-6-7-24-15)25-17-11(16(20)23)2-1-5-22-17;/h1-5,8,14-15,21H,6-7,9H2,(H2,20,23);1H. The monoisotopic (exact) mass is 417 g/mol. The first kappa shape index (κ1) is 20.7. The van der Waals surface area contributed by atoms with Gasteiger partial charge in [-0.25, -0.2) is 4.98 Å². The van der Waals surface area contributed by atoms with Crippen LogP contribution < -0.4 is 15.8 Å². The van der Waals surface area contributed by atoms with Crippen LogP contribution >= 0.6 is 35.6 Å². The molecule has 1 aromatic carbocycles. The smallest absolute Gasteiger partial charge is 0.254 e. The summed E-state index contributed by atoms with van der Waals surface area (Å²) in [5.74, 6) is -0.422. The summed E-state index contributed by atoms with van der Waals surface area (Å²) in [4.78, 5) is 15.7. The Morgan fingerprint density at radius 2 is 2.12 bits per heavy atom. The van der Waals surface area contributed by atoms with Crippen LogP contribution in [0.5, 0.6) is 5.88 Å². The fraction of sp³-hybridized carbons (Fsp3) is 0.294. The number of halogens is 3. The Balaban J connectivity index is 0.00000243. The van der Waals surface area contributed by atoms with Gasteiger partial charge < -0.3 is 20.5 Å². The number of rotatable bonds is 4. The van der Waals surface area contributed by atoms with Crippen molar-refractivity contribution in [1.29, 1.82) is 0 Å². The fourth-order valence-electron chi connectivity index (χ4n) is 2.64. The van der Waals surface area contributed by atoms with E-state index in [1.54, 1.807) is 30.5 Å². The Hall–Kier alpha value is -1.57. The van der Waals surface area contributed by atoms with E-state index >= 15 is 0 Å². The number of carbonyl (C=O) groups excluding carboxylic acids is 1. The van der Waals surface area contributed by atoms with Crippen LogP contribution in [-0.2, 0) is 4.74 Å². The molecule has 3 rings (SSSR count). The van der Waals surface area contributed by atoms with Crippen LogP contribution in [0.25, 0.3) is 0 Å². The lowest BCUT2D eigenvalue weighted by Gasteiger charge is -2.26. The number of carbonyl (C=O) groups is 1. The number of hydrogen-bond donors (Lipinski definition) is 2. The van der Waals surface area contributed by atoms with Crippen LogP contribution in [-0.4, -0.2) is 36.7 Å². The van der Waals surface area contributed by atoms with Crippen LogP contribution in [0.15, 0.2) is 36.5 Å². The molecule has 1 aliphatic rings. The Labute approximate surface area is 167 Å². The second-order valence-corrected chi connectivity index (χ2v) is 6.36. The molecule has 1 fully saturated rings. The van der Waals surface area contributed by atoms with E-state index in [1.807, 2.05) is 6.07 Å². The lowest BCUT2D eigenvalue weighted by Crippen LogP contribution is -2.35. The molecule has 1 amide bonds. The molecule has 2 aromatic rings. The van der Waals surface area contributed by atoms with E-state index < -0.39 is 18.1 Å². The van der Waals surface area contributed by atoms with Gasteiger partial charge in [0.2, 0.25) is 5.88 Å². The van der Waals surface area contributed by atoms with Crippen LogP contribution in [0, 0.1) is 0 Å². The van der Waals surface area contributed by atoms with E-state index in [0.29, 0.717) is 29.7 Å². The molecule has 1 saturated heterocycles. The minimum Gasteiger partial charge on any atom is -0.469 e. The summed E-state index contributed by atoms with van der Waals surface area (Å²) in [7, 11) is 0. The van der Waals surface area contributed by atoms with E-state index in [2.05, 4.69) is 10.3 Å². The van der Waals surface area contributed by atoms with Gasteiger partial charge in [-0.05, 0) is 29.8 Å². The highest BCUT2D eigenvalue weighted by atomic mass is 35.5. The number of nitrogens with zero attached hydrogens (tertiary/aromatic N) is 1. The number of primary amides is 1. The lowest BCUT2D eigenvalue weighted by atomic mass is 10.0. The van der Waals surface area contributed by atoms with Crippen LogP contribution in [0.2, 0.25) is 10.0 Å². The summed E-state index contributed by atoms with van der Waals surface area (Å²) in [6.07, 6.45) is 0.723. The molecule has 1 aliphatic heterocycles. The summed E-state index contributed by atoms with van der Waals surface area (Å²) in [5, 5.41) is 4.15. The van der Waals surface area contributed by atoms with Gasteiger partial charge in [-0.1, -0.05) is 29.3 Å². The second kappa shape index (κ2) is 9.39. The lowest BCUT2D eigenvalue weighted by molar-refractivity contribution is -0.0103. The molecular weight excluding hydrogens is 401 g/mol. The third-order valence-corrected chi connectivity index (χ3v) is 4.57. The number of amides is 1. The normalized spacial score (nSPS) is 19.9. The number of pyridine rings is 1. The van der Waals surface area contributed by atoms with Crippen LogP contribution in [0.4, 0.5) is 0 Å². The van der Waals surface area contributed by atoms with Gasteiger partial charge in [-0.2, -0.15) is 0 Å². The molecule has 0 bridgehead atoms. The van der Waals surface area contributed by atoms with Crippen molar-refractivity contribution >= 4 is 41.5 Å². The maximum absolute atomic E-state index is 11.6. The number of hydrogen-bond acceptors (Lipinski definition) is 5. The van der Waals surface area contributed by atoms with E-state index in [9.17, 15) is 4.79 Å². The minimum absolute atomic E-state index is 0. The van der Waals surface area contributed by atoms with E-state index in [-0.39, 0.29) is 23.9 Å². The molecule has 0 saturated carbocycles. The van der Waals surface area contributed by atoms with Crippen molar-refractivity contribution in [2.45, 2.75) is 12.2 Å². The zero-order valence-corrected chi connectivity index (χ0v) is 16.0. The first-order valence-electron chi connectivity index (χ1n) is 7.75. The number of benzene rings is 1. The third-order valence-electron chi connectivity index (χ3n) is 3.83. The molecule has 140 valence electrons. The number of nitrogens with one attached hydrogen (secondary N) is 1. The van der Waals surface area contributed by atoms with Gasteiger partial charge in [0, 0.05) is 19.3 Å². The molecule has 6 nitrogen and oxygen atoms in total. The second-order valence-electron chi connectivity index (χ2n) is 5.55. The van der Waals surface area contributed by atoms with Crippen molar-refractivity contribution < 1.29 is 14.3 Å². The molecule has 0 radical (unpaired) electrons. The van der Waals surface area contributed by atoms with Crippen molar-refractivity contribution in [2.75, 3.05) is 19.7 Å². The maximum atomic E-state index is 11.6. The van der Waals surface area contributed by atoms with Crippen LogP contribution in [0.3, 0.4) is 0 Å². The van der Waals surface area contributed by atoms with Gasteiger partial charge >= 0.3 is 0 Å². The van der Waals surface area contributed by atoms with Gasteiger partial charge in [0.25, 0.3) is 5.91 Å². The molecular formula is C17H18Cl3N3O3. The van der Waals surface area contributed by atoms with Gasteiger partial charge in [-0.15, -0.1) is 12.4 Å². The third kappa shape index (κ3) is 4.78. The highest BCUT2D eigenvalue weighted by molar-refractivity contribution is 6.42. The number of ether oxygens (including phenoxy) is 2. The molecule has 3 N–H and O–H groups in total. The van der Waals surface area contributed by atoms with E-state index in [0.717, 1.165) is 5.56 Å². The first-order chi connectivity index (χ1) is 12.1. The maximum Gasteiger partial charge on any atom is 0.254 e. The highest BCUT2D eigenvalue weighted by Crippen LogP contribution is 2.31. The van der Waals surface area contributed by atoms with Gasteiger partial charge in [0.05, 0.1) is 16.7 Å². The molecule has 26 heavy (non-hydrogen) atoms. The number of nitrogens with two attached hydrogens (primary N) is 1. The fourth-order valence-corrected chi connectivity index (χ4v) is 2.94. The van der Waals surface area contributed by atoms with E-state index in [4.69, 9.17) is 38.4 Å². The van der Waals surface area contributed by atoms with Crippen molar-refractivity contribution in [3.63, 3.8) is 0 Å². The average Bonchev–Trinajstić information content (AvgIpc) is 2.83. The van der Waals surface area contributed by atoms with Crippen molar-refractivity contribution in [3.05, 3.63) is 57.7 Å². The predicted molar refractivity (Wildman–Crippen MR) is 102 cm³/mol. The molecule has 0 spiro atoms. The van der Waals surface area contributed by atoms with Crippen molar-refractivity contribution in [1.82, 2.24) is 10.3 Å². The van der Waals surface area contributed by atoms with Gasteiger partial charge in [0.15, 0.2) is 0 Å². The summed E-state index contributed by atoms with van der Waals surface area (Å²) in [6, 6.07) is 8.51. The summed E-state index contributed by atoms with van der Waals surface area (Å²) in [6.45, 7) is 1.71. The minimum atomic E-state index is -0.600. The molecule has 0 aliphatic carbocycles. The summed E-state index contributed by atoms with van der Waals surface area (Å²) < 4.78 is 11.9. The molecule has 1 aromatic heterocycles. The average molecular weight is 419 g/mol. The molecule has 9 heteroatoms. The zero-order valence-electron chi connectivity index (χ0n) is 13.7. The number of aromatic nitrogens is 1. The largest absolute Gasteiger partial charge is 0.469 e. The highest BCUT2D eigenvalue weighted by Gasteiger charge is 2.29. The Morgan fingerprint density at radius 3 is 2.85 bits per heavy atom. The first-order valence-corrected chi connectivity index (χ1v) is 8.50. The van der Waals surface area contributed by atoms with E-state index in [1.165, 1.54) is 0 Å². The molecule has 2 heterocycles. The SMILES string of the molecule is Cl.NC(=O)c1cccnc1OC1CNCCOC1c1ccc(Cl)c(Cl)c1. The zero-order chi connectivity index (χ0) is 17.8. The summed E-state index contributed by atoms with van der Waals surface area (Å²) in [5.41, 5.74) is 6.45. The van der Waals surface area contributed by atoms with Crippen LogP contribution in [0.1, 0.15) is 22.0 Å². The Bertz CT molecular complexity index is 776. The van der Waals surface area contributed by atoms with Gasteiger partial charge in [0.1, 0.15) is 17.8 Å². The summed E-state index contributed by atoms with van der Waals surface area (Å²) >= 11 is 12.1.